The third-order valence-corrected chi connectivity index (χ3v) is 6.27. The Bertz CT molecular complexity index is 608. The molecule has 0 unspecified atom stereocenters. The van der Waals surface area contributed by atoms with Crippen LogP contribution >= 0.6 is 0 Å². The zero-order valence-corrected chi connectivity index (χ0v) is 15.2. The van der Waals surface area contributed by atoms with Crippen molar-refractivity contribution in [3.05, 3.63) is 23.8 Å². The lowest BCUT2D eigenvalue weighted by Gasteiger charge is -2.34. The minimum atomic E-state index is -3.49. The van der Waals surface area contributed by atoms with E-state index < -0.39 is 10.0 Å². The molecule has 2 rings (SSSR count). The number of methoxy groups -OCH3 is 1. The molecule has 0 aliphatic carbocycles. The highest BCUT2D eigenvalue weighted by Gasteiger charge is 2.30. The molecule has 1 aromatic rings. The van der Waals surface area contributed by atoms with Gasteiger partial charge in [0.15, 0.2) is 0 Å². The number of rotatable bonds is 7. The number of nitrogens with zero attached hydrogens (tertiary/aromatic N) is 2. The fourth-order valence-corrected chi connectivity index (χ4v) is 4.57. The first-order chi connectivity index (χ1) is 11.0. The van der Waals surface area contributed by atoms with Crippen LogP contribution in [0.2, 0.25) is 0 Å². The number of benzene rings is 1. The molecular weight excluding hydrogens is 312 g/mol. The summed E-state index contributed by atoms with van der Waals surface area (Å²) < 4.78 is 32.7. The van der Waals surface area contributed by atoms with E-state index in [4.69, 9.17) is 4.74 Å². The van der Waals surface area contributed by atoms with Crippen molar-refractivity contribution in [2.75, 3.05) is 39.8 Å². The molecule has 1 aliphatic heterocycles. The molecule has 1 heterocycles. The van der Waals surface area contributed by atoms with E-state index in [0.717, 1.165) is 25.2 Å². The van der Waals surface area contributed by atoms with Crippen LogP contribution in [0.3, 0.4) is 0 Å². The molecule has 0 atom stereocenters. The van der Waals surface area contributed by atoms with Crippen LogP contribution in [-0.4, -0.2) is 57.5 Å². The Labute approximate surface area is 140 Å². The van der Waals surface area contributed by atoms with Crippen molar-refractivity contribution in [2.24, 2.45) is 0 Å². The summed E-state index contributed by atoms with van der Waals surface area (Å²) in [5, 5.41) is 0. The molecular formula is C17H28N2O3S. The van der Waals surface area contributed by atoms with E-state index in [1.54, 1.807) is 16.4 Å². The van der Waals surface area contributed by atoms with Gasteiger partial charge in [-0.25, -0.2) is 8.42 Å². The molecule has 23 heavy (non-hydrogen) atoms. The van der Waals surface area contributed by atoms with E-state index in [-0.39, 0.29) is 4.90 Å². The Hall–Kier alpha value is -1.11. The summed E-state index contributed by atoms with van der Waals surface area (Å²) in [6.07, 6.45) is 3.63. The van der Waals surface area contributed by atoms with Gasteiger partial charge in [-0.15, -0.1) is 0 Å². The lowest BCUT2D eigenvalue weighted by atomic mass is 10.2. The Balaban J connectivity index is 2.06. The van der Waals surface area contributed by atoms with Crippen LogP contribution in [0.1, 0.15) is 31.7 Å². The normalized spacial score (nSPS) is 17.3. The average molecular weight is 340 g/mol. The lowest BCUT2D eigenvalue weighted by molar-refractivity contribution is 0.185. The SMILES string of the molecule is CCCCCN1CCN(S(=O)(=O)c2cc(C)ccc2OC)CC1. The summed E-state index contributed by atoms with van der Waals surface area (Å²) >= 11 is 0. The summed E-state index contributed by atoms with van der Waals surface area (Å²) in [5.74, 6) is 0.418. The van der Waals surface area contributed by atoms with E-state index in [1.807, 2.05) is 13.0 Å². The van der Waals surface area contributed by atoms with E-state index in [1.165, 1.54) is 26.4 Å². The fraction of sp³-hybridized carbons (Fsp3) is 0.647. The number of hydrogen-bond donors (Lipinski definition) is 0. The summed E-state index contributed by atoms with van der Waals surface area (Å²) in [7, 11) is -1.98. The largest absolute Gasteiger partial charge is 0.495 e. The van der Waals surface area contributed by atoms with E-state index in [2.05, 4.69) is 11.8 Å². The molecule has 1 saturated heterocycles. The maximum absolute atomic E-state index is 12.9. The van der Waals surface area contributed by atoms with Crippen LogP contribution in [0.25, 0.3) is 0 Å². The molecule has 0 saturated carbocycles. The van der Waals surface area contributed by atoms with Gasteiger partial charge in [0, 0.05) is 26.2 Å². The Morgan fingerprint density at radius 2 is 1.83 bits per heavy atom. The van der Waals surface area contributed by atoms with Crippen LogP contribution < -0.4 is 4.74 Å². The van der Waals surface area contributed by atoms with Crippen LogP contribution in [-0.2, 0) is 10.0 Å². The predicted octanol–water partition coefficient (Wildman–Crippen LogP) is 2.50. The number of sulfonamides is 1. The van der Waals surface area contributed by atoms with Gasteiger partial charge < -0.3 is 9.64 Å². The number of piperazine rings is 1. The molecule has 1 aliphatic rings. The number of unbranched alkanes of at least 4 members (excludes halogenated alkanes) is 2. The first kappa shape index (κ1) is 18.2. The number of aryl methyl sites for hydroxylation is 1. The monoisotopic (exact) mass is 340 g/mol. The van der Waals surface area contributed by atoms with Gasteiger partial charge in [-0.1, -0.05) is 25.8 Å². The van der Waals surface area contributed by atoms with Crippen LogP contribution in [0.15, 0.2) is 23.1 Å². The van der Waals surface area contributed by atoms with Crippen LogP contribution in [0.5, 0.6) is 5.75 Å². The summed E-state index contributed by atoms with van der Waals surface area (Å²) in [6, 6.07) is 5.29. The van der Waals surface area contributed by atoms with Crippen molar-refractivity contribution in [2.45, 2.75) is 38.0 Å². The predicted molar refractivity (Wildman–Crippen MR) is 92.5 cm³/mol. The van der Waals surface area contributed by atoms with Gasteiger partial charge in [0.05, 0.1) is 7.11 Å². The summed E-state index contributed by atoms with van der Waals surface area (Å²) in [4.78, 5) is 2.63. The molecule has 0 spiro atoms. The maximum Gasteiger partial charge on any atom is 0.246 e. The van der Waals surface area contributed by atoms with Gasteiger partial charge in [0.2, 0.25) is 10.0 Å². The topological polar surface area (TPSA) is 49.9 Å². The highest BCUT2D eigenvalue weighted by molar-refractivity contribution is 7.89. The second-order valence-corrected chi connectivity index (χ2v) is 8.01. The zero-order valence-electron chi connectivity index (χ0n) is 14.4. The Kier molecular flexibility index (Phi) is 6.44. The minimum absolute atomic E-state index is 0.277. The van der Waals surface area contributed by atoms with E-state index in [0.29, 0.717) is 18.8 Å². The third-order valence-electron chi connectivity index (χ3n) is 4.35. The van der Waals surface area contributed by atoms with Gasteiger partial charge in [-0.3, -0.25) is 0 Å². The molecule has 0 N–H and O–H groups in total. The van der Waals surface area contributed by atoms with Crippen molar-refractivity contribution in [3.63, 3.8) is 0 Å². The number of hydrogen-bond acceptors (Lipinski definition) is 4. The molecule has 5 nitrogen and oxygen atoms in total. The molecule has 0 radical (unpaired) electrons. The van der Waals surface area contributed by atoms with Gasteiger partial charge in [-0.05, 0) is 37.6 Å². The molecule has 1 aromatic carbocycles. The quantitative estimate of drug-likeness (QED) is 0.716. The zero-order chi connectivity index (χ0) is 16.9. The molecule has 6 heteroatoms. The lowest BCUT2D eigenvalue weighted by Crippen LogP contribution is -2.48. The second-order valence-electron chi connectivity index (χ2n) is 6.11. The van der Waals surface area contributed by atoms with Crippen molar-refractivity contribution < 1.29 is 13.2 Å². The maximum atomic E-state index is 12.9. The van der Waals surface area contributed by atoms with Gasteiger partial charge >= 0.3 is 0 Å². The third kappa shape index (κ3) is 4.46. The Morgan fingerprint density at radius 3 is 2.43 bits per heavy atom. The fourth-order valence-electron chi connectivity index (χ4n) is 2.90. The van der Waals surface area contributed by atoms with Crippen LogP contribution in [0, 0.1) is 6.92 Å². The van der Waals surface area contributed by atoms with Gasteiger partial charge in [-0.2, -0.15) is 4.31 Å². The smallest absolute Gasteiger partial charge is 0.246 e. The molecule has 0 bridgehead atoms. The average Bonchev–Trinajstić information content (AvgIpc) is 2.55. The molecule has 0 amide bonds. The standard InChI is InChI=1S/C17H28N2O3S/c1-4-5-6-9-18-10-12-19(13-11-18)23(20,21)17-14-15(2)7-8-16(17)22-3/h7-8,14H,4-6,9-13H2,1-3H3. The highest BCUT2D eigenvalue weighted by Crippen LogP contribution is 2.28. The van der Waals surface area contributed by atoms with Gasteiger partial charge in [0.25, 0.3) is 0 Å². The molecule has 1 fully saturated rings. The van der Waals surface area contributed by atoms with Gasteiger partial charge in [0.1, 0.15) is 10.6 Å². The van der Waals surface area contributed by atoms with E-state index in [9.17, 15) is 8.42 Å². The second kappa shape index (κ2) is 8.13. The first-order valence-electron chi connectivity index (χ1n) is 8.36. The Morgan fingerprint density at radius 1 is 1.13 bits per heavy atom. The first-order valence-corrected chi connectivity index (χ1v) is 9.80. The van der Waals surface area contributed by atoms with Crippen molar-refractivity contribution in [1.82, 2.24) is 9.21 Å². The van der Waals surface area contributed by atoms with Crippen molar-refractivity contribution in [1.29, 1.82) is 0 Å². The number of ether oxygens (including phenoxy) is 1. The minimum Gasteiger partial charge on any atom is -0.495 e. The molecule has 0 aromatic heterocycles. The van der Waals surface area contributed by atoms with Crippen molar-refractivity contribution >= 4 is 10.0 Å². The van der Waals surface area contributed by atoms with E-state index >= 15 is 0 Å². The summed E-state index contributed by atoms with van der Waals surface area (Å²) in [6.45, 7) is 7.85. The molecule has 130 valence electrons. The summed E-state index contributed by atoms with van der Waals surface area (Å²) in [5.41, 5.74) is 0.919. The van der Waals surface area contributed by atoms with Crippen molar-refractivity contribution in [3.8, 4) is 5.75 Å². The highest BCUT2D eigenvalue weighted by atomic mass is 32.2. The van der Waals surface area contributed by atoms with Crippen LogP contribution in [0.4, 0.5) is 0 Å².